The van der Waals surface area contributed by atoms with Gasteiger partial charge in [-0.15, -0.1) is 0 Å². The van der Waals surface area contributed by atoms with Gasteiger partial charge in [-0.2, -0.15) is 0 Å². The number of benzene rings is 2. The van der Waals surface area contributed by atoms with E-state index < -0.39 is 0 Å². The average molecular weight is 313 g/mol. The van der Waals surface area contributed by atoms with Crippen LogP contribution in [0.1, 0.15) is 13.8 Å². The van der Waals surface area contributed by atoms with Gasteiger partial charge < -0.3 is 20.3 Å². The predicted molar refractivity (Wildman–Crippen MR) is 95.6 cm³/mol. The van der Waals surface area contributed by atoms with E-state index in [1.807, 2.05) is 81.4 Å². The molecule has 2 N–H and O–H groups in total. The SMILES string of the molecule is CC(C)Oc1ccc(NC(=O)Nc2ccc(N(C)C)cc2)cc1. The van der Waals surface area contributed by atoms with E-state index in [4.69, 9.17) is 4.74 Å². The lowest BCUT2D eigenvalue weighted by Gasteiger charge is -2.13. The Morgan fingerprint density at radius 1 is 0.913 bits per heavy atom. The summed E-state index contributed by atoms with van der Waals surface area (Å²) in [5.74, 6) is 0.783. The minimum absolute atomic E-state index is 0.127. The number of nitrogens with one attached hydrogen (secondary N) is 2. The summed E-state index contributed by atoms with van der Waals surface area (Å²) in [6, 6.07) is 14.7. The highest BCUT2D eigenvalue weighted by Gasteiger charge is 2.04. The van der Waals surface area contributed by atoms with Crippen molar-refractivity contribution in [2.24, 2.45) is 0 Å². The van der Waals surface area contributed by atoms with Crippen molar-refractivity contribution in [3.63, 3.8) is 0 Å². The fraction of sp³-hybridized carbons (Fsp3) is 0.278. The first kappa shape index (κ1) is 16.7. The molecule has 5 nitrogen and oxygen atoms in total. The van der Waals surface area contributed by atoms with Crippen LogP contribution in [0.5, 0.6) is 5.75 Å². The summed E-state index contributed by atoms with van der Waals surface area (Å²) in [5.41, 5.74) is 2.54. The van der Waals surface area contributed by atoms with Crippen LogP contribution in [-0.4, -0.2) is 26.2 Å². The molecule has 0 saturated carbocycles. The molecule has 2 aromatic rings. The fourth-order valence-corrected chi connectivity index (χ4v) is 2.03. The smallest absolute Gasteiger partial charge is 0.323 e. The summed E-state index contributed by atoms with van der Waals surface area (Å²) in [6.45, 7) is 3.95. The first-order valence-electron chi connectivity index (χ1n) is 7.56. The second kappa shape index (κ2) is 7.54. The number of carbonyl (C=O) groups excluding carboxylic acids is 1. The zero-order valence-electron chi connectivity index (χ0n) is 14.0. The Balaban J connectivity index is 1.91. The Labute approximate surface area is 137 Å². The van der Waals surface area contributed by atoms with Gasteiger partial charge in [0.2, 0.25) is 0 Å². The number of carbonyl (C=O) groups is 1. The summed E-state index contributed by atoms with van der Waals surface area (Å²) < 4.78 is 5.57. The quantitative estimate of drug-likeness (QED) is 0.870. The summed E-state index contributed by atoms with van der Waals surface area (Å²) in [4.78, 5) is 14.0. The first-order chi connectivity index (χ1) is 10.9. The third-order valence-corrected chi connectivity index (χ3v) is 3.13. The lowest BCUT2D eigenvalue weighted by atomic mass is 10.2. The van der Waals surface area contributed by atoms with Crippen molar-refractivity contribution in [3.8, 4) is 5.75 Å². The molecule has 0 bridgehead atoms. The normalized spacial score (nSPS) is 10.3. The van der Waals surface area contributed by atoms with Crippen LogP contribution >= 0.6 is 0 Å². The van der Waals surface area contributed by atoms with E-state index in [9.17, 15) is 4.79 Å². The number of urea groups is 1. The second-order valence-electron chi connectivity index (χ2n) is 5.71. The number of hydrogen-bond acceptors (Lipinski definition) is 3. The molecule has 122 valence electrons. The molecule has 0 atom stereocenters. The number of rotatable bonds is 5. The van der Waals surface area contributed by atoms with Crippen molar-refractivity contribution < 1.29 is 9.53 Å². The monoisotopic (exact) mass is 313 g/mol. The minimum Gasteiger partial charge on any atom is -0.491 e. The van der Waals surface area contributed by atoms with Gasteiger partial charge in [-0.05, 0) is 62.4 Å². The molecule has 0 radical (unpaired) electrons. The van der Waals surface area contributed by atoms with Gasteiger partial charge in [0.1, 0.15) is 5.75 Å². The molecule has 0 heterocycles. The number of ether oxygens (including phenoxy) is 1. The van der Waals surface area contributed by atoms with Crippen molar-refractivity contribution >= 4 is 23.1 Å². The molecular formula is C18H23N3O2. The van der Waals surface area contributed by atoms with E-state index in [1.165, 1.54) is 0 Å². The highest BCUT2D eigenvalue weighted by atomic mass is 16.5. The maximum atomic E-state index is 12.0. The molecule has 0 spiro atoms. The second-order valence-corrected chi connectivity index (χ2v) is 5.71. The third kappa shape index (κ3) is 5.21. The molecule has 0 aliphatic heterocycles. The molecule has 0 fully saturated rings. The lowest BCUT2D eigenvalue weighted by molar-refractivity contribution is 0.242. The zero-order valence-corrected chi connectivity index (χ0v) is 14.0. The predicted octanol–water partition coefficient (Wildman–Crippen LogP) is 4.18. The molecule has 2 aromatic carbocycles. The van der Waals surface area contributed by atoms with Gasteiger partial charge in [0.05, 0.1) is 6.10 Å². The molecule has 0 saturated heterocycles. The third-order valence-electron chi connectivity index (χ3n) is 3.13. The van der Waals surface area contributed by atoms with Crippen molar-refractivity contribution in [1.82, 2.24) is 0 Å². The van der Waals surface area contributed by atoms with Crippen molar-refractivity contribution in [1.29, 1.82) is 0 Å². The van der Waals surface area contributed by atoms with Gasteiger partial charge in [-0.3, -0.25) is 0 Å². The average Bonchev–Trinajstić information content (AvgIpc) is 2.49. The van der Waals surface area contributed by atoms with E-state index in [-0.39, 0.29) is 12.1 Å². The minimum atomic E-state index is -0.278. The molecule has 5 heteroatoms. The van der Waals surface area contributed by atoms with Gasteiger partial charge in [0, 0.05) is 31.2 Å². The number of anilines is 3. The van der Waals surface area contributed by atoms with Crippen LogP contribution in [-0.2, 0) is 0 Å². The van der Waals surface area contributed by atoms with Crippen LogP contribution in [0, 0.1) is 0 Å². The summed E-state index contributed by atoms with van der Waals surface area (Å²) in [5, 5.41) is 5.60. The Morgan fingerprint density at radius 2 is 1.39 bits per heavy atom. The lowest BCUT2D eigenvalue weighted by Crippen LogP contribution is -2.19. The molecule has 23 heavy (non-hydrogen) atoms. The Hall–Kier alpha value is -2.69. The van der Waals surface area contributed by atoms with Gasteiger partial charge in [-0.25, -0.2) is 4.79 Å². The van der Waals surface area contributed by atoms with Crippen LogP contribution in [0.25, 0.3) is 0 Å². The molecule has 2 amide bonds. The highest BCUT2D eigenvalue weighted by Crippen LogP contribution is 2.18. The molecule has 0 unspecified atom stereocenters. The topological polar surface area (TPSA) is 53.6 Å². The van der Waals surface area contributed by atoms with E-state index in [1.54, 1.807) is 0 Å². The Kier molecular flexibility index (Phi) is 5.46. The van der Waals surface area contributed by atoms with Crippen molar-refractivity contribution in [2.45, 2.75) is 20.0 Å². The first-order valence-corrected chi connectivity index (χ1v) is 7.56. The van der Waals surface area contributed by atoms with Crippen LogP contribution in [0.3, 0.4) is 0 Å². The maximum Gasteiger partial charge on any atom is 0.323 e. The number of nitrogens with zero attached hydrogens (tertiary/aromatic N) is 1. The number of amides is 2. The summed E-state index contributed by atoms with van der Waals surface area (Å²) >= 11 is 0. The molecule has 2 rings (SSSR count). The maximum absolute atomic E-state index is 12.0. The van der Waals surface area contributed by atoms with Crippen LogP contribution in [0.15, 0.2) is 48.5 Å². The Morgan fingerprint density at radius 3 is 1.83 bits per heavy atom. The van der Waals surface area contributed by atoms with E-state index in [0.717, 1.165) is 17.1 Å². The van der Waals surface area contributed by atoms with Gasteiger partial charge >= 0.3 is 6.03 Å². The van der Waals surface area contributed by atoms with Crippen molar-refractivity contribution in [3.05, 3.63) is 48.5 Å². The van der Waals surface area contributed by atoms with Gasteiger partial charge in [0.25, 0.3) is 0 Å². The van der Waals surface area contributed by atoms with E-state index in [0.29, 0.717) is 5.69 Å². The largest absolute Gasteiger partial charge is 0.491 e. The van der Waals surface area contributed by atoms with Crippen LogP contribution in [0.4, 0.5) is 21.9 Å². The van der Waals surface area contributed by atoms with Crippen LogP contribution in [0.2, 0.25) is 0 Å². The van der Waals surface area contributed by atoms with Crippen LogP contribution < -0.4 is 20.3 Å². The zero-order chi connectivity index (χ0) is 16.8. The molecule has 0 aliphatic carbocycles. The highest BCUT2D eigenvalue weighted by molar-refractivity contribution is 5.99. The number of hydrogen-bond donors (Lipinski definition) is 2. The van der Waals surface area contributed by atoms with Gasteiger partial charge in [-0.1, -0.05) is 0 Å². The summed E-state index contributed by atoms with van der Waals surface area (Å²) in [7, 11) is 3.95. The standard InChI is InChI=1S/C18H23N3O2/c1-13(2)23-17-11-7-15(8-12-17)20-18(22)19-14-5-9-16(10-6-14)21(3)4/h5-13H,1-4H3,(H2,19,20,22). The molecule has 0 aromatic heterocycles. The van der Waals surface area contributed by atoms with E-state index in [2.05, 4.69) is 10.6 Å². The van der Waals surface area contributed by atoms with Crippen molar-refractivity contribution in [2.75, 3.05) is 29.6 Å². The summed E-state index contributed by atoms with van der Waals surface area (Å²) in [6.07, 6.45) is 0.127. The van der Waals surface area contributed by atoms with E-state index >= 15 is 0 Å². The molecule has 0 aliphatic rings. The fourth-order valence-electron chi connectivity index (χ4n) is 2.03. The molecular weight excluding hydrogens is 290 g/mol. The van der Waals surface area contributed by atoms with Gasteiger partial charge in [0.15, 0.2) is 0 Å². The Bertz CT molecular complexity index is 634.